The predicted octanol–water partition coefficient (Wildman–Crippen LogP) is 0.596. The van der Waals surface area contributed by atoms with Crippen LogP contribution in [0.4, 0.5) is 5.69 Å². The van der Waals surface area contributed by atoms with E-state index < -0.39 is 20.6 Å². The number of nitrogens with one attached hydrogen (secondary N) is 1. The lowest BCUT2D eigenvalue weighted by Crippen LogP contribution is -2.31. The van der Waals surface area contributed by atoms with Gasteiger partial charge in [-0.2, -0.15) is 4.31 Å². The van der Waals surface area contributed by atoms with Crippen molar-refractivity contribution in [3.8, 4) is 11.5 Å². The van der Waals surface area contributed by atoms with Gasteiger partial charge in [0.15, 0.2) is 16.4 Å². The first kappa shape index (κ1) is 16.9. The lowest BCUT2D eigenvalue weighted by atomic mass is 10.1. The van der Waals surface area contributed by atoms with Gasteiger partial charge in [-0.3, -0.25) is 10.1 Å². The quantitative estimate of drug-likeness (QED) is 0.606. The summed E-state index contributed by atoms with van der Waals surface area (Å²) in [6, 6.07) is 2.33. The van der Waals surface area contributed by atoms with Gasteiger partial charge in [0.1, 0.15) is 13.2 Å². The Bertz CT molecular complexity index is 751. The molecule has 10 heteroatoms. The van der Waals surface area contributed by atoms with Crippen LogP contribution >= 0.6 is 0 Å². The van der Waals surface area contributed by atoms with E-state index in [1.807, 2.05) is 7.05 Å². The summed E-state index contributed by atoms with van der Waals surface area (Å²) < 4.78 is 37.8. The molecule has 1 N–H and O–H groups in total. The summed E-state index contributed by atoms with van der Waals surface area (Å²) in [7, 11) is -2.16. The van der Waals surface area contributed by atoms with Crippen LogP contribution in [0.1, 0.15) is 6.42 Å². The zero-order valence-electron chi connectivity index (χ0n) is 13.2. The molecule has 0 radical (unpaired) electrons. The monoisotopic (exact) mass is 357 g/mol. The second-order valence-corrected chi connectivity index (χ2v) is 7.70. The zero-order valence-corrected chi connectivity index (χ0v) is 14.0. The largest absolute Gasteiger partial charge is 0.486 e. The van der Waals surface area contributed by atoms with Crippen LogP contribution in [0.25, 0.3) is 0 Å². The molecule has 1 fully saturated rings. The van der Waals surface area contributed by atoms with Gasteiger partial charge >= 0.3 is 0 Å². The second-order valence-electron chi connectivity index (χ2n) is 5.80. The van der Waals surface area contributed by atoms with Crippen LogP contribution in [-0.4, -0.2) is 57.5 Å². The van der Waals surface area contributed by atoms with E-state index in [1.165, 1.54) is 10.4 Å². The van der Waals surface area contributed by atoms with Gasteiger partial charge in [-0.15, -0.1) is 0 Å². The van der Waals surface area contributed by atoms with E-state index in [9.17, 15) is 18.5 Å². The first-order valence-corrected chi connectivity index (χ1v) is 9.10. The Morgan fingerprint density at radius 3 is 2.62 bits per heavy atom. The minimum absolute atomic E-state index is 0.195. The topological polar surface area (TPSA) is 111 Å². The summed E-state index contributed by atoms with van der Waals surface area (Å²) in [5.41, 5.74) is -0.490. The lowest BCUT2D eigenvalue weighted by molar-refractivity contribution is -0.388. The molecule has 2 aliphatic heterocycles. The first-order valence-electron chi connectivity index (χ1n) is 7.66. The van der Waals surface area contributed by atoms with E-state index in [0.717, 1.165) is 12.5 Å². The normalized spacial score (nSPS) is 21.0. The van der Waals surface area contributed by atoms with Gasteiger partial charge in [0.2, 0.25) is 10.0 Å². The maximum Gasteiger partial charge on any atom is 0.293 e. The maximum absolute atomic E-state index is 12.9. The zero-order chi connectivity index (χ0) is 17.3. The van der Waals surface area contributed by atoms with Crippen LogP contribution in [0, 0.1) is 16.0 Å². The van der Waals surface area contributed by atoms with Crippen molar-refractivity contribution in [3.63, 3.8) is 0 Å². The number of nitro groups is 1. The fourth-order valence-corrected chi connectivity index (χ4v) is 4.70. The molecule has 1 aromatic rings. The number of nitrogens with zero attached hydrogens (tertiary/aromatic N) is 2. The molecule has 1 atom stereocenters. The van der Waals surface area contributed by atoms with Crippen molar-refractivity contribution in [2.75, 3.05) is 39.9 Å². The molecule has 1 unspecified atom stereocenters. The van der Waals surface area contributed by atoms with E-state index in [4.69, 9.17) is 9.47 Å². The molecule has 1 saturated heterocycles. The van der Waals surface area contributed by atoms with Crippen molar-refractivity contribution in [2.45, 2.75) is 11.3 Å². The van der Waals surface area contributed by atoms with Crippen LogP contribution in [-0.2, 0) is 10.0 Å². The summed E-state index contributed by atoms with van der Waals surface area (Å²) in [6.45, 7) is 1.94. The molecule has 0 bridgehead atoms. The molecule has 1 aromatic carbocycles. The molecule has 2 aliphatic rings. The van der Waals surface area contributed by atoms with Crippen molar-refractivity contribution < 1.29 is 22.8 Å². The van der Waals surface area contributed by atoms with Crippen LogP contribution < -0.4 is 14.8 Å². The third-order valence-electron chi connectivity index (χ3n) is 4.18. The highest BCUT2D eigenvalue weighted by atomic mass is 32.2. The molecule has 132 valence electrons. The van der Waals surface area contributed by atoms with Gasteiger partial charge in [-0.1, -0.05) is 0 Å². The maximum atomic E-state index is 12.9. The summed E-state index contributed by atoms with van der Waals surface area (Å²) in [6.07, 6.45) is 0.721. The Kier molecular flexibility index (Phi) is 4.61. The molecule has 24 heavy (non-hydrogen) atoms. The van der Waals surface area contributed by atoms with Crippen LogP contribution in [0.2, 0.25) is 0 Å². The van der Waals surface area contributed by atoms with Crippen molar-refractivity contribution in [1.82, 2.24) is 9.62 Å². The molecule has 9 nitrogen and oxygen atoms in total. The Hall–Kier alpha value is -1.91. The SMILES string of the molecule is CNCC1CCN(S(=O)(=O)c2cc3c(cc2[N+](=O)[O-])OCCO3)C1. The van der Waals surface area contributed by atoms with Crippen molar-refractivity contribution in [2.24, 2.45) is 5.92 Å². The number of ether oxygens (including phenoxy) is 2. The first-order chi connectivity index (χ1) is 11.4. The number of benzene rings is 1. The molecule has 0 spiro atoms. The highest BCUT2D eigenvalue weighted by Crippen LogP contribution is 2.40. The summed E-state index contributed by atoms with van der Waals surface area (Å²) in [5.74, 6) is 0.610. The molecule has 3 rings (SSSR count). The van der Waals surface area contributed by atoms with E-state index in [0.29, 0.717) is 19.6 Å². The highest BCUT2D eigenvalue weighted by Gasteiger charge is 2.38. The highest BCUT2D eigenvalue weighted by molar-refractivity contribution is 7.89. The fourth-order valence-electron chi connectivity index (χ4n) is 3.02. The summed E-state index contributed by atoms with van der Waals surface area (Å²) in [4.78, 5) is 10.3. The van der Waals surface area contributed by atoms with E-state index >= 15 is 0 Å². The van der Waals surface area contributed by atoms with Crippen LogP contribution in [0.5, 0.6) is 11.5 Å². The van der Waals surface area contributed by atoms with Gasteiger partial charge in [-0.25, -0.2) is 8.42 Å². The smallest absolute Gasteiger partial charge is 0.293 e. The number of hydrogen-bond donors (Lipinski definition) is 1. The van der Waals surface area contributed by atoms with Gasteiger partial charge < -0.3 is 14.8 Å². The second kappa shape index (κ2) is 6.54. The molecule has 0 amide bonds. The van der Waals surface area contributed by atoms with Gasteiger partial charge in [-0.05, 0) is 25.9 Å². The van der Waals surface area contributed by atoms with Gasteiger partial charge in [0.25, 0.3) is 5.69 Å². The van der Waals surface area contributed by atoms with E-state index in [-0.39, 0.29) is 35.5 Å². The number of sulfonamides is 1. The molecule has 0 aliphatic carbocycles. The van der Waals surface area contributed by atoms with Gasteiger partial charge in [0.05, 0.1) is 11.0 Å². The average Bonchev–Trinajstić information content (AvgIpc) is 3.03. The Balaban J connectivity index is 1.99. The lowest BCUT2D eigenvalue weighted by Gasteiger charge is -2.21. The number of nitro benzene ring substituents is 1. The Morgan fingerprint density at radius 2 is 2.00 bits per heavy atom. The third kappa shape index (κ3) is 3.04. The Labute approximate surface area is 139 Å². The standard InChI is InChI=1S/C14H19N3O6S/c1-15-8-10-2-3-16(9-10)24(20,21)14-7-13-12(22-4-5-23-13)6-11(14)17(18)19/h6-7,10,15H,2-5,8-9H2,1H3. The fraction of sp³-hybridized carbons (Fsp3) is 0.571. The van der Waals surface area contributed by atoms with Gasteiger partial charge in [0, 0.05) is 19.2 Å². The number of rotatable bonds is 5. The number of hydrogen-bond acceptors (Lipinski definition) is 7. The minimum atomic E-state index is -3.97. The molecular formula is C14H19N3O6S. The predicted molar refractivity (Wildman–Crippen MR) is 84.9 cm³/mol. The van der Waals surface area contributed by atoms with E-state index in [1.54, 1.807) is 0 Å². The Morgan fingerprint density at radius 1 is 1.33 bits per heavy atom. The summed E-state index contributed by atoms with van der Waals surface area (Å²) in [5, 5.41) is 14.4. The molecule has 2 heterocycles. The molecule has 0 saturated carbocycles. The average molecular weight is 357 g/mol. The summed E-state index contributed by atoms with van der Waals surface area (Å²) >= 11 is 0. The van der Waals surface area contributed by atoms with Crippen LogP contribution in [0.3, 0.4) is 0 Å². The van der Waals surface area contributed by atoms with Crippen molar-refractivity contribution >= 4 is 15.7 Å². The van der Waals surface area contributed by atoms with Crippen molar-refractivity contribution in [3.05, 3.63) is 22.2 Å². The third-order valence-corrected chi connectivity index (χ3v) is 6.07. The van der Waals surface area contributed by atoms with Crippen molar-refractivity contribution in [1.29, 1.82) is 0 Å². The minimum Gasteiger partial charge on any atom is -0.486 e. The molecular weight excluding hydrogens is 338 g/mol. The molecule has 0 aromatic heterocycles. The number of fused-ring (bicyclic) bond motifs is 1. The van der Waals surface area contributed by atoms with Crippen LogP contribution in [0.15, 0.2) is 17.0 Å². The van der Waals surface area contributed by atoms with E-state index in [2.05, 4.69) is 5.32 Å².